The van der Waals surface area contributed by atoms with Gasteiger partial charge in [0.2, 0.25) is 11.9 Å². The number of amides is 1. The first-order valence-electron chi connectivity index (χ1n) is 7.28. The number of hydrogen-bond acceptors (Lipinski definition) is 2. The van der Waals surface area contributed by atoms with Crippen molar-refractivity contribution in [2.75, 3.05) is 5.32 Å². The van der Waals surface area contributed by atoms with Gasteiger partial charge in [-0.2, -0.15) is 4.39 Å². The molecule has 0 spiro atoms. The molecule has 1 amide bonds. The number of nitrogens with one attached hydrogen (secondary N) is 2. The van der Waals surface area contributed by atoms with Crippen LogP contribution in [0.25, 0.3) is 11.3 Å². The number of H-pyrrole nitrogens is 1. The van der Waals surface area contributed by atoms with Crippen molar-refractivity contribution in [1.82, 2.24) is 9.97 Å². The Morgan fingerprint density at radius 1 is 1.33 bits per heavy atom. The molecule has 0 saturated heterocycles. The number of imidazole rings is 1. The van der Waals surface area contributed by atoms with Crippen molar-refractivity contribution in [2.45, 2.75) is 26.2 Å². The zero-order valence-corrected chi connectivity index (χ0v) is 11.7. The average Bonchev–Trinajstić information content (AvgIpc) is 3.23. The first-order valence-corrected chi connectivity index (χ1v) is 7.28. The molecule has 2 aromatic rings. The van der Waals surface area contributed by atoms with Crippen LogP contribution < -0.4 is 5.32 Å². The van der Waals surface area contributed by atoms with Gasteiger partial charge in [-0.1, -0.05) is 6.07 Å². The molecular formula is C16H16FN3O. The number of carbonyl (C=O) groups excluding carboxylic acids is 1. The van der Waals surface area contributed by atoms with Crippen molar-refractivity contribution in [2.24, 2.45) is 11.8 Å². The molecule has 5 heteroatoms. The van der Waals surface area contributed by atoms with E-state index in [9.17, 15) is 9.18 Å². The summed E-state index contributed by atoms with van der Waals surface area (Å²) in [4.78, 5) is 18.8. The molecule has 2 N–H and O–H groups in total. The van der Waals surface area contributed by atoms with Crippen LogP contribution >= 0.6 is 0 Å². The number of fused-ring (bicyclic) bond motifs is 1. The summed E-state index contributed by atoms with van der Waals surface area (Å²) in [5.74, 6) is 0.797. The van der Waals surface area contributed by atoms with Crippen molar-refractivity contribution in [3.05, 3.63) is 35.5 Å². The van der Waals surface area contributed by atoms with Crippen LogP contribution in [0.2, 0.25) is 0 Å². The lowest BCUT2D eigenvalue weighted by atomic mass is 9.88. The number of anilines is 1. The van der Waals surface area contributed by atoms with Gasteiger partial charge in [0.25, 0.3) is 0 Å². The third kappa shape index (κ3) is 2.13. The van der Waals surface area contributed by atoms with E-state index in [1.165, 1.54) is 0 Å². The Balaban J connectivity index is 1.72. The van der Waals surface area contributed by atoms with Crippen LogP contribution in [-0.4, -0.2) is 15.9 Å². The maximum Gasteiger partial charge on any atom is 0.238 e. The fourth-order valence-electron chi connectivity index (χ4n) is 3.13. The molecule has 21 heavy (non-hydrogen) atoms. The van der Waals surface area contributed by atoms with Gasteiger partial charge < -0.3 is 10.3 Å². The van der Waals surface area contributed by atoms with Crippen molar-refractivity contribution in [3.63, 3.8) is 0 Å². The summed E-state index contributed by atoms with van der Waals surface area (Å²) >= 11 is 0. The molecule has 2 heterocycles. The summed E-state index contributed by atoms with van der Waals surface area (Å²) in [6, 6.07) is 5.62. The summed E-state index contributed by atoms with van der Waals surface area (Å²) in [5.41, 5.74) is 3.11. The van der Waals surface area contributed by atoms with Crippen LogP contribution in [0.1, 0.15) is 24.2 Å². The number of hydrogen-bond donors (Lipinski definition) is 2. The van der Waals surface area contributed by atoms with Crippen LogP contribution in [0.3, 0.4) is 0 Å². The van der Waals surface area contributed by atoms with Gasteiger partial charge in [0.15, 0.2) is 0 Å². The van der Waals surface area contributed by atoms with Crippen LogP contribution in [0.5, 0.6) is 0 Å². The summed E-state index contributed by atoms with van der Waals surface area (Å²) in [7, 11) is 0. The van der Waals surface area contributed by atoms with Gasteiger partial charge in [-0.05, 0) is 49.8 Å². The van der Waals surface area contributed by atoms with Crippen molar-refractivity contribution in [3.8, 4) is 11.3 Å². The van der Waals surface area contributed by atoms with Crippen LogP contribution in [0.4, 0.5) is 10.1 Å². The van der Waals surface area contributed by atoms with Gasteiger partial charge in [0.1, 0.15) is 11.5 Å². The Morgan fingerprint density at radius 3 is 2.81 bits per heavy atom. The largest absolute Gasteiger partial charge is 0.340 e. The highest BCUT2D eigenvalue weighted by Gasteiger charge is 2.38. The van der Waals surface area contributed by atoms with Gasteiger partial charge in [-0.3, -0.25) is 4.79 Å². The second-order valence-electron chi connectivity index (χ2n) is 6.00. The second kappa shape index (κ2) is 4.41. The monoisotopic (exact) mass is 285 g/mol. The zero-order valence-electron chi connectivity index (χ0n) is 11.7. The molecule has 108 valence electrons. The summed E-state index contributed by atoms with van der Waals surface area (Å²) in [5, 5.41) is 2.97. The topological polar surface area (TPSA) is 57.8 Å². The van der Waals surface area contributed by atoms with Gasteiger partial charge >= 0.3 is 0 Å². The fraction of sp³-hybridized carbons (Fsp3) is 0.375. The van der Waals surface area contributed by atoms with E-state index in [0.717, 1.165) is 36.1 Å². The SMILES string of the molecule is Cc1nc(F)c(-c2ccc3c(c2)CC(C2CC2)C(=O)N3)[nH]1. The van der Waals surface area contributed by atoms with E-state index >= 15 is 0 Å². The minimum Gasteiger partial charge on any atom is -0.340 e. The van der Waals surface area contributed by atoms with Crippen LogP contribution in [-0.2, 0) is 11.2 Å². The molecule has 1 aliphatic carbocycles. The van der Waals surface area contributed by atoms with Gasteiger partial charge in [-0.25, -0.2) is 4.98 Å². The molecular weight excluding hydrogens is 269 g/mol. The van der Waals surface area contributed by atoms with E-state index in [2.05, 4.69) is 15.3 Å². The van der Waals surface area contributed by atoms with Crippen molar-refractivity contribution in [1.29, 1.82) is 0 Å². The number of carbonyl (C=O) groups is 1. The molecule has 1 aromatic heterocycles. The van der Waals surface area contributed by atoms with Gasteiger partial charge in [0.05, 0.1) is 0 Å². The molecule has 1 aliphatic heterocycles. The third-order valence-corrected chi connectivity index (χ3v) is 4.40. The smallest absolute Gasteiger partial charge is 0.238 e. The maximum absolute atomic E-state index is 13.8. The van der Waals surface area contributed by atoms with E-state index in [-0.39, 0.29) is 11.8 Å². The first kappa shape index (κ1) is 12.6. The molecule has 0 bridgehead atoms. The lowest BCUT2D eigenvalue weighted by molar-refractivity contribution is -0.120. The van der Waals surface area contributed by atoms with E-state index in [1.54, 1.807) is 6.92 Å². The summed E-state index contributed by atoms with van der Waals surface area (Å²) in [6.45, 7) is 1.73. The normalized spacial score (nSPS) is 21.0. The molecule has 4 rings (SSSR count). The number of aryl methyl sites for hydroxylation is 1. The van der Waals surface area contributed by atoms with Crippen LogP contribution in [0, 0.1) is 24.7 Å². The zero-order chi connectivity index (χ0) is 14.6. The predicted molar refractivity (Wildman–Crippen MR) is 77.3 cm³/mol. The minimum atomic E-state index is -0.481. The number of nitrogens with zero attached hydrogens (tertiary/aromatic N) is 1. The van der Waals surface area contributed by atoms with E-state index in [4.69, 9.17) is 0 Å². The van der Waals surface area contributed by atoms with Crippen LogP contribution in [0.15, 0.2) is 18.2 Å². The Hall–Kier alpha value is -2.17. The highest BCUT2D eigenvalue weighted by atomic mass is 19.1. The fourth-order valence-corrected chi connectivity index (χ4v) is 3.13. The summed E-state index contributed by atoms with van der Waals surface area (Å²) < 4.78 is 13.8. The molecule has 2 aliphatic rings. The molecule has 1 fully saturated rings. The Labute approximate surface area is 121 Å². The number of benzene rings is 1. The molecule has 4 nitrogen and oxygen atoms in total. The quantitative estimate of drug-likeness (QED) is 0.891. The highest BCUT2D eigenvalue weighted by molar-refractivity contribution is 5.96. The third-order valence-electron chi connectivity index (χ3n) is 4.40. The molecule has 1 saturated carbocycles. The first-order chi connectivity index (χ1) is 10.1. The number of aromatic nitrogens is 2. The molecule has 1 atom stereocenters. The minimum absolute atomic E-state index is 0.0705. The lowest BCUT2D eigenvalue weighted by Crippen LogP contribution is -2.31. The second-order valence-corrected chi connectivity index (χ2v) is 6.00. The van der Waals surface area contributed by atoms with Crippen molar-refractivity contribution >= 4 is 11.6 Å². The van der Waals surface area contributed by atoms with E-state index < -0.39 is 5.95 Å². The standard InChI is InChI=1S/C16H16FN3O/c1-8-18-14(15(17)19-8)10-4-5-13-11(6-10)7-12(9-2-3-9)16(21)20-13/h4-6,9,12H,2-3,7H2,1H3,(H,18,19)(H,20,21). The number of halogens is 1. The summed E-state index contributed by atoms with van der Waals surface area (Å²) in [6.07, 6.45) is 3.03. The van der Waals surface area contributed by atoms with E-state index in [0.29, 0.717) is 17.4 Å². The Morgan fingerprint density at radius 2 is 2.14 bits per heavy atom. The van der Waals surface area contributed by atoms with E-state index in [1.807, 2.05) is 18.2 Å². The Kier molecular flexibility index (Phi) is 2.64. The number of rotatable bonds is 2. The average molecular weight is 285 g/mol. The predicted octanol–water partition coefficient (Wildman–Crippen LogP) is 3.05. The highest BCUT2D eigenvalue weighted by Crippen LogP contribution is 2.42. The molecule has 1 aromatic carbocycles. The van der Waals surface area contributed by atoms with Crippen molar-refractivity contribution < 1.29 is 9.18 Å². The maximum atomic E-state index is 13.8. The lowest BCUT2D eigenvalue weighted by Gasteiger charge is -2.25. The number of aromatic amines is 1. The Bertz CT molecular complexity index is 733. The molecule has 0 radical (unpaired) electrons. The van der Waals surface area contributed by atoms with Gasteiger partial charge in [0, 0.05) is 17.2 Å². The molecule has 1 unspecified atom stereocenters. The van der Waals surface area contributed by atoms with Gasteiger partial charge in [-0.15, -0.1) is 0 Å².